The van der Waals surface area contributed by atoms with Crippen LogP contribution in [-0.4, -0.2) is 15.8 Å². The van der Waals surface area contributed by atoms with Crippen LogP contribution < -0.4 is 17.2 Å². The number of amides is 1. The zero-order valence-corrected chi connectivity index (χ0v) is 13.0. The summed E-state index contributed by atoms with van der Waals surface area (Å²) >= 11 is 1.11. The first-order valence-electron chi connectivity index (χ1n) is 6.51. The number of carbonyl (C=O) groups is 1. The number of thioether (sulfide) groups is 1. The van der Waals surface area contributed by atoms with Crippen LogP contribution in [0.3, 0.4) is 0 Å². The number of halogens is 1. The van der Waals surface area contributed by atoms with E-state index >= 15 is 0 Å². The predicted molar refractivity (Wildman–Crippen MR) is 84.1 cm³/mol. The molecule has 1 aliphatic rings. The first kappa shape index (κ1) is 15.6. The maximum Gasteiger partial charge on any atom is 0.234 e. The third-order valence-corrected chi connectivity index (χ3v) is 5.63. The highest BCUT2D eigenvalue weighted by Crippen LogP contribution is 2.50. The summed E-state index contributed by atoms with van der Waals surface area (Å²) in [6.45, 7) is 5.26. The van der Waals surface area contributed by atoms with E-state index in [0.717, 1.165) is 11.8 Å². The van der Waals surface area contributed by atoms with Crippen LogP contribution in [-0.2, 0) is 10.3 Å². The van der Waals surface area contributed by atoms with Crippen molar-refractivity contribution >= 4 is 28.5 Å². The third kappa shape index (κ3) is 2.35. The molecule has 0 saturated heterocycles. The highest BCUT2D eigenvalue weighted by Gasteiger charge is 2.53. The maximum absolute atomic E-state index is 14.3. The van der Waals surface area contributed by atoms with Gasteiger partial charge in [-0.15, -0.1) is 0 Å². The number of nitrogens with two attached hydrogens (primary N) is 3. The summed E-state index contributed by atoms with van der Waals surface area (Å²) in [7, 11) is 0. The van der Waals surface area contributed by atoms with E-state index in [9.17, 15) is 9.18 Å². The summed E-state index contributed by atoms with van der Waals surface area (Å²) in [5.41, 5.74) is 16.9. The third-order valence-electron chi connectivity index (χ3n) is 4.35. The Morgan fingerprint density at radius 1 is 1.38 bits per heavy atom. The Labute approximate surface area is 127 Å². The van der Waals surface area contributed by atoms with Crippen molar-refractivity contribution in [2.24, 2.45) is 22.4 Å². The van der Waals surface area contributed by atoms with Gasteiger partial charge in [0.15, 0.2) is 5.17 Å². The summed E-state index contributed by atoms with van der Waals surface area (Å²) in [6.07, 6.45) is 0. The molecule has 0 radical (unpaired) electrons. The summed E-state index contributed by atoms with van der Waals surface area (Å²) in [5, 5.41) is 0.207. The van der Waals surface area contributed by atoms with Gasteiger partial charge in [0.2, 0.25) is 5.91 Å². The molecule has 1 unspecified atom stereocenters. The van der Waals surface area contributed by atoms with E-state index in [0.29, 0.717) is 11.3 Å². The molecule has 0 fully saturated rings. The second kappa shape index (κ2) is 4.91. The van der Waals surface area contributed by atoms with E-state index in [1.54, 1.807) is 13.8 Å². The molecule has 3 atom stereocenters. The van der Waals surface area contributed by atoms with Gasteiger partial charge >= 0.3 is 0 Å². The van der Waals surface area contributed by atoms with Crippen molar-refractivity contribution in [2.75, 3.05) is 5.73 Å². The number of carbonyl (C=O) groups excluding carboxylic acids is 1. The number of amidine groups is 1. The van der Waals surface area contributed by atoms with Crippen LogP contribution in [0.1, 0.15) is 26.3 Å². The minimum absolute atomic E-state index is 0.207. The van der Waals surface area contributed by atoms with E-state index in [-0.39, 0.29) is 11.1 Å². The molecule has 0 spiro atoms. The van der Waals surface area contributed by atoms with Gasteiger partial charge in [-0.3, -0.25) is 9.79 Å². The first-order chi connectivity index (χ1) is 9.61. The number of anilines is 1. The Morgan fingerprint density at radius 3 is 2.57 bits per heavy atom. The molecule has 0 aliphatic carbocycles. The molecular formula is C14H19FN4OS. The topological polar surface area (TPSA) is 107 Å². The predicted octanol–water partition coefficient (Wildman–Crippen LogP) is 1.56. The lowest BCUT2D eigenvalue weighted by molar-refractivity contribution is -0.121. The van der Waals surface area contributed by atoms with E-state index in [4.69, 9.17) is 17.2 Å². The van der Waals surface area contributed by atoms with Gasteiger partial charge in [0.1, 0.15) is 10.6 Å². The summed E-state index contributed by atoms with van der Waals surface area (Å²) in [4.78, 5) is 16.3. The lowest BCUT2D eigenvalue weighted by Gasteiger charge is -2.45. The van der Waals surface area contributed by atoms with E-state index < -0.39 is 22.0 Å². The molecule has 1 amide bonds. The van der Waals surface area contributed by atoms with E-state index in [1.807, 2.05) is 6.92 Å². The Bertz CT molecular complexity index is 635. The lowest BCUT2D eigenvalue weighted by atomic mass is 9.73. The highest BCUT2D eigenvalue weighted by atomic mass is 32.2. The molecule has 1 heterocycles. The standard InChI is InChI=1S/C14H19FN4OS/c1-7-13(2,9-6-8(16)4-5-10(9)15)19-12(18)21-14(7,3)11(17)20/h4-7H,16H2,1-3H3,(H2,17,20)(H2,18,19)/t7?,13-,14-/m0/s1. The average Bonchev–Trinajstić information content (AvgIpc) is 2.38. The zero-order valence-electron chi connectivity index (χ0n) is 12.2. The molecule has 0 aromatic heterocycles. The average molecular weight is 310 g/mol. The maximum atomic E-state index is 14.3. The molecule has 1 aromatic rings. The number of nitrogen functional groups attached to an aromatic ring is 1. The van der Waals surface area contributed by atoms with Crippen molar-refractivity contribution in [2.45, 2.75) is 31.1 Å². The Kier molecular flexibility index (Phi) is 3.65. The Hall–Kier alpha value is -1.76. The fourth-order valence-corrected chi connectivity index (χ4v) is 3.86. The number of nitrogens with zero attached hydrogens (tertiary/aromatic N) is 1. The molecule has 6 N–H and O–H groups in total. The van der Waals surface area contributed by atoms with Crippen molar-refractivity contribution in [3.63, 3.8) is 0 Å². The van der Waals surface area contributed by atoms with Crippen molar-refractivity contribution in [1.29, 1.82) is 0 Å². The van der Waals surface area contributed by atoms with Crippen LogP contribution in [0.5, 0.6) is 0 Å². The fraction of sp³-hybridized carbons (Fsp3) is 0.429. The number of aliphatic imine (C=N–C) groups is 1. The molecule has 2 rings (SSSR count). The van der Waals surface area contributed by atoms with Crippen LogP contribution in [0.15, 0.2) is 23.2 Å². The van der Waals surface area contributed by atoms with Gasteiger partial charge in [-0.05, 0) is 32.0 Å². The Balaban J connectivity index is 2.67. The largest absolute Gasteiger partial charge is 0.399 e. The van der Waals surface area contributed by atoms with Gasteiger partial charge in [-0.2, -0.15) is 0 Å². The number of benzene rings is 1. The molecule has 7 heteroatoms. The van der Waals surface area contributed by atoms with Crippen molar-refractivity contribution in [1.82, 2.24) is 0 Å². The van der Waals surface area contributed by atoms with Crippen molar-refractivity contribution < 1.29 is 9.18 Å². The van der Waals surface area contributed by atoms with Gasteiger partial charge in [-0.25, -0.2) is 4.39 Å². The highest BCUT2D eigenvalue weighted by molar-refractivity contribution is 8.15. The number of hydrogen-bond donors (Lipinski definition) is 3. The van der Waals surface area contributed by atoms with Crippen molar-refractivity contribution in [3.05, 3.63) is 29.6 Å². The van der Waals surface area contributed by atoms with Gasteiger partial charge in [0.25, 0.3) is 0 Å². The fourth-order valence-electron chi connectivity index (χ4n) is 2.68. The molecule has 1 aliphatic heterocycles. The molecule has 114 valence electrons. The minimum atomic E-state index is -1.02. The molecule has 0 bridgehead atoms. The molecule has 1 aromatic carbocycles. The SMILES string of the molecule is CC1[C@@](C)(C(N)=O)SC(N)=N[C@]1(C)c1cc(N)ccc1F. The molecule has 21 heavy (non-hydrogen) atoms. The zero-order chi connectivity index (χ0) is 16.0. The van der Waals surface area contributed by atoms with Crippen LogP contribution in [0, 0.1) is 11.7 Å². The normalized spacial score (nSPS) is 32.6. The van der Waals surface area contributed by atoms with Gasteiger partial charge < -0.3 is 17.2 Å². The molecule has 5 nitrogen and oxygen atoms in total. The van der Waals surface area contributed by atoms with Crippen LogP contribution in [0.4, 0.5) is 10.1 Å². The summed E-state index contributed by atoms with van der Waals surface area (Å²) in [6, 6.07) is 4.29. The minimum Gasteiger partial charge on any atom is -0.399 e. The second-order valence-electron chi connectivity index (χ2n) is 5.63. The molecule has 0 saturated carbocycles. The number of rotatable bonds is 2. The molecular weight excluding hydrogens is 291 g/mol. The van der Waals surface area contributed by atoms with Gasteiger partial charge in [0.05, 0.1) is 5.54 Å². The summed E-state index contributed by atoms with van der Waals surface area (Å²) < 4.78 is 13.3. The van der Waals surface area contributed by atoms with Gasteiger partial charge in [0, 0.05) is 17.2 Å². The quantitative estimate of drug-likeness (QED) is 0.720. The van der Waals surface area contributed by atoms with E-state index in [2.05, 4.69) is 4.99 Å². The van der Waals surface area contributed by atoms with Crippen LogP contribution >= 0.6 is 11.8 Å². The monoisotopic (exact) mass is 310 g/mol. The summed E-state index contributed by atoms with van der Waals surface area (Å²) in [5.74, 6) is -1.31. The smallest absolute Gasteiger partial charge is 0.234 e. The van der Waals surface area contributed by atoms with Gasteiger partial charge in [-0.1, -0.05) is 18.7 Å². The van der Waals surface area contributed by atoms with Crippen molar-refractivity contribution in [3.8, 4) is 0 Å². The Morgan fingerprint density at radius 2 is 2.00 bits per heavy atom. The number of primary amides is 1. The lowest BCUT2D eigenvalue weighted by Crippen LogP contribution is -2.55. The van der Waals surface area contributed by atoms with Crippen LogP contribution in [0.2, 0.25) is 0 Å². The second-order valence-corrected chi connectivity index (χ2v) is 7.10. The number of hydrogen-bond acceptors (Lipinski definition) is 5. The first-order valence-corrected chi connectivity index (χ1v) is 7.32. The van der Waals surface area contributed by atoms with E-state index in [1.165, 1.54) is 18.2 Å². The van der Waals surface area contributed by atoms with Crippen LogP contribution in [0.25, 0.3) is 0 Å².